The predicted molar refractivity (Wildman–Crippen MR) is 101 cm³/mol. The van der Waals surface area contributed by atoms with Gasteiger partial charge in [-0.1, -0.05) is 11.6 Å². The van der Waals surface area contributed by atoms with Crippen LogP contribution in [0.1, 0.15) is 36.0 Å². The molecule has 2 saturated heterocycles. The number of likely N-dealkylation sites (tertiary alicyclic amines) is 1. The lowest BCUT2D eigenvalue weighted by Crippen LogP contribution is -2.51. The van der Waals surface area contributed by atoms with Gasteiger partial charge in [-0.2, -0.15) is 0 Å². The van der Waals surface area contributed by atoms with Crippen molar-refractivity contribution in [3.05, 3.63) is 34.9 Å². The minimum Gasteiger partial charge on any atom is -0.352 e. The summed E-state index contributed by atoms with van der Waals surface area (Å²) in [6, 6.07) is 7.14. The van der Waals surface area contributed by atoms with E-state index in [1.54, 1.807) is 29.2 Å². The van der Waals surface area contributed by atoms with Gasteiger partial charge in [0.05, 0.1) is 5.92 Å². The molecule has 1 aromatic carbocycles. The third-order valence-corrected chi connectivity index (χ3v) is 5.07. The van der Waals surface area contributed by atoms with Crippen LogP contribution in [0.5, 0.6) is 0 Å². The molecule has 7 heteroatoms. The Morgan fingerprint density at radius 1 is 1.16 bits per heavy atom. The van der Waals surface area contributed by atoms with Crippen molar-refractivity contribution in [3.63, 3.8) is 0 Å². The largest absolute Gasteiger partial charge is 0.352 e. The Kier molecular flexibility index (Phi) is 7.54. The van der Waals surface area contributed by atoms with Crippen molar-refractivity contribution in [2.75, 3.05) is 26.2 Å². The lowest BCUT2D eigenvalue weighted by molar-refractivity contribution is -0.127. The van der Waals surface area contributed by atoms with E-state index >= 15 is 0 Å². The van der Waals surface area contributed by atoms with Crippen LogP contribution in [-0.2, 0) is 4.79 Å². The number of benzene rings is 1. The van der Waals surface area contributed by atoms with Gasteiger partial charge in [0.15, 0.2) is 0 Å². The van der Waals surface area contributed by atoms with Crippen LogP contribution in [0.25, 0.3) is 0 Å². The highest BCUT2D eigenvalue weighted by Crippen LogP contribution is 2.20. The summed E-state index contributed by atoms with van der Waals surface area (Å²) in [6.07, 6.45) is 3.83. The Hall–Kier alpha value is -1.30. The average Bonchev–Trinajstić information content (AvgIpc) is 2.63. The first kappa shape index (κ1) is 20.0. The number of nitrogens with one attached hydrogen (secondary N) is 2. The van der Waals surface area contributed by atoms with Gasteiger partial charge in [0.25, 0.3) is 5.91 Å². The molecule has 2 amide bonds. The first-order valence-electron chi connectivity index (χ1n) is 8.69. The molecule has 0 radical (unpaired) electrons. The molecular weight excluding hydrogens is 361 g/mol. The van der Waals surface area contributed by atoms with Crippen molar-refractivity contribution >= 4 is 35.8 Å². The van der Waals surface area contributed by atoms with E-state index in [0.717, 1.165) is 38.8 Å². The maximum atomic E-state index is 12.6. The van der Waals surface area contributed by atoms with E-state index in [-0.39, 0.29) is 36.2 Å². The van der Waals surface area contributed by atoms with Crippen LogP contribution in [0, 0.1) is 5.92 Å². The monoisotopic (exact) mass is 385 g/mol. The van der Waals surface area contributed by atoms with E-state index in [9.17, 15) is 9.59 Å². The van der Waals surface area contributed by atoms with Gasteiger partial charge in [-0.15, -0.1) is 12.4 Å². The van der Waals surface area contributed by atoms with Crippen molar-refractivity contribution in [2.45, 2.75) is 31.7 Å². The molecule has 2 atom stereocenters. The number of carbonyl (C=O) groups excluding carboxylic acids is 2. The molecule has 25 heavy (non-hydrogen) atoms. The average molecular weight is 386 g/mol. The normalized spacial score (nSPS) is 23.5. The number of nitrogens with zero attached hydrogens (tertiary/aromatic N) is 1. The molecule has 3 rings (SSSR count). The molecule has 2 aliphatic heterocycles. The Labute approximate surface area is 159 Å². The summed E-state index contributed by atoms with van der Waals surface area (Å²) in [5, 5.41) is 7.06. The van der Waals surface area contributed by atoms with Crippen LogP contribution in [0.15, 0.2) is 24.3 Å². The van der Waals surface area contributed by atoms with Crippen LogP contribution in [-0.4, -0.2) is 48.9 Å². The second kappa shape index (κ2) is 9.41. The Bertz CT molecular complexity index is 588. The van der Waals surface area contributed by atoms with Crippen LogP contribution in [0.3, 0.4) is 0 Å². The molecular formula is C18H25Cl2N3O2. The number of hydrogen-bond donors (Lipinski definition) is 2. The van der Waals surface area contributed by atoms with E-state index in [1.807, 2.05) is 0 Å². The molecule has 0 aromatic heterocycles. The van der Waals surface area contributed by atoms with Gasteiger partial charge in [-0.25, -0.2) is 0 Å². The number of piperidine rings is 2. The van der Waals surface area contributed by atoms with Gasteiger partial charge in [-0.05, 0) is 56.5 Å². The summed E-state index contributed by atoms with van der Waals surface area (Å²) >= 11 is 5.88. The lowest BCUT2D eigenvalue weighted by atomic mass is 9.95. The van der Waals surface area contributed by atoms with E-state index in [4.69, 9.17) is 11.6 Å². The smallest absolute Gasteiger partial charge is 0.253 e. The first-order valence-corrected chi connectivity index (χ1v) is 9.07. The van der Waals surface area contributed by atoms with Gasteiger partial charge in [-0.3, -0.25) is 9.59 Å². The zero-order valence-electron chi connectivity index (χ0n) is 14.2. The van der Waals surface area contributed by atoms with E-state index in [1.165, 1.54) is 0 Å². The minimum absolute atomic E-state index is 0. The summed E-state index contributed by atoms with van der Waals surface area (Å²) in [6.45, 7) is 3.06. The number of carbonyl (C=O) groups is 2. The zero-order valence-corrected chi connectivity index (χ0v) is 15.7. The molecule has 1 unspecified atom stereocenters. The number of halogens is 2. The number of hydrogen-bond acceptors (Lipinski definition) is 3. The second-order valence-electron chi connectivity index (χ2n) is 6.65. The maximum absolute atomic E-state index is 12.6. The minimum atomic E-state index is -0.114. The fourth-order valence-electron chi connectivity index (χ4n) is 3.44. The Morgan fingerprint density at radius 2 is 1.92 bits per heavy atom. The van der Waals surface area contributed by atoms with E-state index in [2.05, 4.69) is 10.6 Å². The molecule has 2 N–H and O–H groups in total. The summed E-state index contributed by atoms with van der Waals surface area (Å²) in [4.78, 5) is 26.9. The van der Waals surface area contributed by atoms with Crippen LogP contribution < -0.4 is 10.6 Å². The topological polar surface area (TPSA) is 61.4 Å². The molecule has 138 valence electrons. The molecule has 0 saturated carbocycles. The molecule has 0 bridgehead atoms. The van der Waals surface area contributed by atoms with Gasteiger partial charge in [0.1, 0.15) is 0 Å². The van der Waals surface area contributed by atoms with Gasteiger partial charge >= 0.3 is 0 Å². The summed E-state index contributed by atoms with van der Waals surface area (Å²) in [5.41, 5.74) is 0.622. The van der Waals surface area contributed by atoms with Gasteiger partial charge in [0, 0.05) is 36.3 Å². The van der Waals surface area contributed by atoms with E-state index < -0.39 is 0 Å². The molecule has 0 spiro atoms. The quantitative estimate of drug-likeness (QED) is 0.839. The predicted octanol–water partition coefficient (Wildman–Crippen LogP) is 2.48. The standard InChI is InChI=1S/C18H24ClN3O2.ClH/c19-15-7-5-13(6-8-15)18(24)22-10-2-3-14(12-22)17(23)21-16-4-1-9-20-11-16;/h5-8,14,16,20H,1-4,9-12H2,(H,21,23);1H/t14?,16-;/m0./s1. The highest BCUT2D eigenvalue weighted by Gasteiger charge is 2.30. The third-order valence-electron chi connectivity index (χ3n) is 4.81. The van der Waals surface area contributed by atoms with Gasteiger partial charge in [0.2, 0.25) is 5.91 Å². The fourth-order valence-corrected chi connectivity index (χ4v) is 3.57. The summed E-state index contributed by atoms with van der Waals surface area (Å²) in [7, 11) is 0. The van der Waals surface area contributed by atoms with Gasteiger partial charge < -0.3 is 15.5 Å². The van der Waals surface area contributed by atoms with E-state index in [0.29, 0.717) is 23.7 Å². The van der Waals surface area contributed by atoms with Crippen molar-refractivity contribution in [1.82, 2.24) is 15.5 Å². The first-order chi connectivity index (χ1) is 11.6. The summed E-state index contributed by atoms with van der Waals surface area (Å²) in [5.74, 6) is -0.0577. The maximum Gasteiger partial charge on any atom is 0.253 e. The SMILES string of the molecule is Cl.O=C(N[C@H]1CCCNC1)C1CCCN(C(=O)c2ccc(Cl)cc2)C1. The van der Waals surface area contributed by atoms with Crippen molar-refractivity contribution in [2.24, 2.45) is 5.92 Å². The fraction of sp³-hybridized carbons (Fsp3) is 0.556. The number of rotatable bonds is 3. The van der Waals surface area contributed by atoms with Crippen molar-refractivity contribution in [1.29, 1.82) is 0 Å². The Morgan fingerprint density at radius 3 is 2.60 bits per heavy atom. The highest BCUT2D eigenvalue weighted by atomic mass is 35.5. The molecule has 1 aromatic rings. The second-order valence-corrected chi connectivity index (χ2v) is 7.09. The van der Waals surface area contributed by atoms with Crippen LogP contribution >= 0.6 is 24.0 Å². The number of amides is 2. The molecule has 2 heterocycles. The van der Waals surface area contributed by atoms with Crippen LogP contribution in [0.4, 0.5) is 0 Å². The zero-order chi connectivity index (χ0) is 16.9. The highest BCUT2D eigenvalue weighted by molar-refractivity contribution is 6.30. The molecule has 2 aliphatic rings. The van der Waals surface area contributed by atoms with Crippen molar-refractivity contribution in [3.8, 4) is 0 Å². The Balaban J connectivity index is 0.00000225. The molecule has 0 aliphatic carbocycles. The lowest BCUT2D eigenvalue weighted by Gasteiger charge is -2.33. The molecule has 2 fully saturated rings. The summed E-state index contributed by atoms with van der Waals surface area (Å²) < 4.78 is 0. The van der Waals surface area contributed by atoms with Crippen LogP contribution in [0.2, 0.25) is 5.02 Å². The third kappa shape index (κ3) is 5.33. The molecule has 5 nitrogen and oxygen atoms in total. The van der Waals surface area contributed by atoms with Crippen molar-refractivity contribution < 1.29 is 9.59 Å².